The number of rotatable bonds is 4. The molecule has 0 bridgehead atoms. The Morgan fingerprint density at radius 2 is 1.40 bits per heavy atom. The number of fused-ring (bicyclic) bond motifs is 2. The SMILES string of the molecule is CC(=O)Nc1ccc(OS(=O)(=O)c2cccc3c2C(=O)c2ccccc2C3=O)cc1. The number of carbonyl (C=O) groups is 3. The highest BCUT2D eigenvalue weighted by molar-refractivity contribution is 7.87. The van der Waals surface area contributed by atoms with Crippen molar-refractivity contribution < 1.29 is 27.0 Å². The summed E-state index contributed by atoms with van der Waals surface area (Å²) in [5.74, 6) is -1.24. The van der Waals surface area contributed by atoms with Gasteiger partial charge in [0.15, 0.2) is 11.6 Å². The molecule has 0 atom stereocenters. The molecule has 0 aliphatic heterocycles. The van der Waals surface area contributed by atoms with Gasteiger partial charge in [0.25, 0.3) is 0 Å². The topological polar surface area (TPSA) is 107 Å². The van der Waals surface area contributed by atoms with Crippen LogP contribution in [0.15, 0.2) is 71.6 Å². The first kappa shape index (κ1) is 19.5. The van der Waals surface area contributed by atoms with Gasteiger partial charge in [-0.3, -0.25) is 14.4 Å². The summed E-state index contributed by atoms with van der Waals surface area (Å²) in [4.78, 5) is 36.5. The Bertz CT molecular complexity index is 1310. The van der Waals surface area contributed by atoms with Gasteiger partial charge in [-0.25, -0.2) is 0 Å². The minimum Gasteiger partial charge on any atom is -0.379 e. The third-order valence-electron chi connectivity index (χ3n) is 4.56. The maximum atomic E-state index is 13.0. The van der Waals surface area contributed by atoms with Crippen LogP contribution in [0.4, 0.5) is 5.69 Å². The van der Waals surface area contributed by atoms with Crippen molar-refractivity contribution in [2.24, 2.45) is 0 Å². The van der Waals surface area contributed by atoms with Crippen LogP contribution in [0.5, 0.6) is 5.75 Å². The van der Waals surface area contributed by atoms with E-state index in [4.69, 9.17) is 4.18 Å². The second-order valence-corrected chi connectivity index (χ2v) is 8.14. The van der Waals surface area contributed by atoms with Gasteiger partial charge in [0, 0.05) is 29.3 Å². The molecule has 3 aromatic carbocycles. The van der Waals surface area contributed by atoms with E-state index in [0.717, 1.165) is 0 Å². The number of ketones is 2. The van der Waals surface area contributed by atoms with Crippen LogP contribution in [0.3, 0.4) is 0 Å². The fraction of sp³-hybridized carbons (Fsp3) is 0.0455. The Labute approximate surface area is 172 Å². The zero-order chi connectivity index (χ0) is 21.5. The van der Waals surface area contributed by atoms with Crippen molar-refractivity contribution in [1.29, 1.82) is 0 Å². The molecule has 0 unspecified atom stereocenters. The van der Waals surface area contributed by atoms with E-state index in [0.29, 0.717) is 5.69 Å². The van der Waals surface area contributed by atoms with Gasteiger partial charge in [-0.15, -0.1) is 0 Å². The molecule has 1 amide bonds. The van der Waals surface area contributed by atoms with E-state index in [2.05, 4.69) is 5.32 Å². The van der Waals surface area contributed by atoms with Crippen LogP contribution in [0.25, 0.3) is 0 Å². The first-order valence-corrected chi connectivity index (χ1v) is 10.3. The van der Waals surface area contributed by atoms with E-state index in [1.807, 2.05) is 0 Å². The molecule has 30 heavy (non-hydrogen) atoms. The Morgan fingerprint density at radius 1 is 0.800 bits per heavy atom. The third kappa shape index (κ3) is 3.37. The van der Waals surface area contributed by atoms with Crippen molar-refractivity contribution in [3.8, 4) is 5.75 Å². The summed E-state index contributed by atoms with van der Waals surface area (Å²) in [5.41, 5.74) is 0.679. The Hall–Kier alpha value is -3.78. The summed E-state index contributed by atoms with van der Waals surface area (Å²) in [7, 11) is -4.41. The Kier molecular flexibility index (Phi) is 4.71. The quantitative estimate of drug-likeness (QED) is 0.507. The molecular weight excluding hydrogens is 406 g/mol. The minimum absolute atomic E-state index is 0.00306. The van der Waals surface area contributed by atoms with Crippen LogP contribution in [0.2, 0.25) is 0 Å². The molecule has 0 fully saturated rings. The van der Waals surface area contributed by atoms with Crippen molar-refractivity contribution in [2.45, 2.75) is 11.8 Å². The van der Waals surface area contributed by atoms with Gasteiger partial charge in [0.05, 0.1) is 5.56 Å². The van der Waals surface area contributed by atoms with Crippen LogP contribution in [0.1, 0.15) is 38.8 Å². The predicted molar refractivity (Wildman–Crippen MR) is 108 cm³/mol. The van der Waals surface area contributed by atoms with E-state index in [-0.39, 0.29) is 38.8 Å². The normalized spacial score (nSPS) is 12.7. The lowest BCUT2D eigenvalue weighted by molar-refractivity contribution is -0.114. The fourth-order valence-corrected chi connectivity index (χ4v) is 4.44. The lowest BCUT2D eigenvalue weighted by atomic mass is 9.84. The van der Waals surface area contributed by atoms with Crippen molar-refractivity contribution in [3.05, 3.63) is 89.0 Å². The Balaban J connectivity index is 1.74. The van der Waals surface area contributed by atoms with Gasteiger partial charge in [0.2, 0.25) is 5.91 Å². The minimum atomic E-state index is -4.41. The Morgan fingerprint density at radius 3 is 2.03 bits per heavy atom. The number of carbonyl (C=O) groups excluding carboxylic acids is 3. The molecule has 3 aromatic rings. The maximum absolute atomic E-state index is 13.0. The molecule has 1 aliphatic rings. The lowest BCUT2D eigenvalue weighted by Gasteiger charge is -2.20. The number of hydrogen-bond acceptors (Lipinski definition) is 6. The van der Waals surface area contributed by atoms with Crippen LogP contribution >= 0.6 is 0 Å². The summed E-state index contributed by atoms with van der Waals surface area (Å²) >= 11 is 0. The van der Waals surface area contributed by atoms with Crippen molar-refractivity contribution in [3.63, 3.8) is 0 Å². The standard InChI is InChI=1S/C22H15NO6S/c1-13(24)23-14-9-11-15(12-10-14)29-30(27,28)19-8-4-7-18-20(19)22(26)17-6-3-2-5-16(17)21(18)25/h2-12H,1H3,(H,23,24). The highest BCUT2D eigenvalue weighted by Crippen LogP contribution is 2.32. The highest BCUT2D eigenvalue weighted by atomic mass is 32.2. The first-order chi connectivity index (χ1) is 14.3. The molecule has 0 radical (unpaired) electrons. The average Bonchev–Trinajstić information content (AvgIpc) is 2.72. The predicted octanol–water partition coefficient (Wildman–Crippen LogP) is 3.19. The van der Waals surface area contributed by atoms with Crippen LogP contribution in [-0.4, -0.2) is 25.9 Å². The molecular formula is C22H15NO6S. The smallest absolute Gasteiger partial charge is 0.339 e. The zero-order valence-electron chi connectivity index (χ0n) is 15.7. The second kappa shape index (κ2) is 7.23. The lowest BCUT2D eigenvalue weighted by Crippen LogP contribution is -2.24. The van der Waals surface area contributed by atoms with Gasteiger partial charge < -0.3 is 9.50 Å². The zero-order valence-corrected chi connectivity index (χ0v) is 16.5. The molecule has 8 heteroatoms. The number of hydrogen-bond donors (Lipinski definition) is 1. The van der Waals surface area contributed by atoms with E-state index in [1.165, 1.54) is 61.5 Å². The number of anilines is 1. The molecule has 4 rings (SSSR count). The molecule has 0 saturated carbocycles. The van der Waals surface area contributed by atoms with Crippen molar-refractivity contribution in [2.75, 3.05) is 5.32 Å². The van der Waals surface area contributed by atoms with Gasteiger partial charge >= 0.3 is 10.1 Å². The number of nitrogens with one attached hydrogen (secondary N) is 1. The van der Waals surface area contributed by atoms with Gasteiger partial charge in [-0.05, 0) is 30.3 Å². The van der Waals surface area contributed by atoms with Crippen molar-refractivity contribution >= 4 is 33.3 Å². The largest absolute Gasteiger partial charge is 0.379 e. The monoisotopic (exact) mass is 421 g/mol. The summed E-state index contributed by atoms with van der Waals surface area (Å²) in [6.45, 7) is 1.35. The van der Waals surface area contributed by atoms with Crippen LogP contribution in [0, 0.1) is 0 Å². The molecule has 0 aromatic heterocycles. The first-order valence-electron chi connectivity index (χ1n) is 8.91. The molecule has 1 aliphatic carbocycles. The van der Waals surface area contributed by atoms with E-state index < -0.39 is 21.7 Å². The molecule has 0 spiro atoms. The summed E-state index contributed by atoms with van der Waals surface area (Å²) in [6.07, 6.45) is 0. The average molecular weight is 421 g/mol. The fourth-order valence-electron chi connectivity index (χ4n) is 3.29. The van der Waals surface area contributed by atoms with Crippen molar-refractivity contribution in [1.82, 2.24) is 0 Å². The van der Waals surface area contributed by atoms with E-state index >= 15 is 0 Å². The third-order valence-corrected chi connectivity index (χ3v) is 5.85. The molecule has 150 valence electrons. The van der Waals surface area contributed by atoms with E-state index in [1.54, 1.807) is 12.1 Å². The molecule has 7 nitrogen and oxygen atoms in total. The second-order valence-electron chi connectivity index (χ2n) is 6.63. The highest BCUT2D eigenvalue weighted by Gasteiger charge is 2.35. The maximum Gasteiger partial charge on any atom is 0.339 e. The van der Waals surface area contributed by atoms with Gasteiger partial charge in [0.1, 0.15) is 10.6 Å². The summed E-state index contributed by atoms with van der Waals surface area (Å²) in [5, 5.41) is 2.56. The van der Waals surface area contributed by atoms with Gasteiger partial charge in [-0.1, -0.05) is 36.4 Å². The molecule has 0 saturated heterocycles. The summed E-state index contributed by atoms with van der Waals surface area (Å²) in [6, 6.07) is 16.1. The number of benzene rings is 3. The molecule has 1 N–H and O–H groups in total. The van der Waals surface area contributed by atoms with Gasteiger partial charge in [-0.2, -0.15) is 8.42 Å². The summed E-state index contributed by atoms with van der Waals surface area (Å²) < 4.78 is 31.1. The number of amides is 1. The van der Waals surface area contributed by atoms with Crippen LogP contribution < -0.4 is 9.50 Å². The van der Waals surface area contributed by atoms with E-state index in [9.17, 15) is 22.8 Å². The molecule has 0 heterocycles. The van der Waals surface area contributed by atoms with Crippen LogP contribution in [-0.2, 0) is 14.9 Å².